The number of rotatable bonds is 0. The minimum absolute atomic E-state index is 0. The summed E-state index contributed by atoms with van der Waals surface area (Å²) >= 11 is 0.958. The summed E-state index contributed by atoms with van der Waals surface area (Å²) in [5.74, 6) is 0. The summed E-state index contributed by atoms with van der Waals surface area (Å²) in [6.45, 7) is 0. The van der Waals surface area contributed by atoms with Gasteiger partial charge in [0.05, 0.1) is 0 Å². The second-order valence-corrected chi connectivity index (χ2v) is 9.55. The molecule has 0 atom stereocenters. The van der Waals surface area contributed by atoms with Gasteiger partial charge in [-0.2, -0.15) is 0 Å². The van der Waals surface area contributed by atoms with Crippen LogP contribution >= 0.6 is 17.4 Å². The predicted molar refractivity (Wildman–Crippen MR) is 39.0 cm³/mol. The van der Waals surface area contributed by atoms with Gasteiger partial charge in [0, 0.05) is 17.1 Å². The fourth-order valence-corrected chi connectivity index (χ4v) is 0. The summed E-state index contributed by atoms with van der Waals surface area (Å²) in [5, 5.41) is 0. The van der Waals surface area contributed by atoms with Crippen molar-refractivity contribution in [2.75, 3.05) is 0 Å². The zero-order chi connectivity index (χ0) is 2.12. The molecule has 0 aliphatic heterocycles. The van der Waals surface area contributed by atoms with E-state index in [0.29, 0.717) is 0 Å². The van der Waals surface area contributed by atoms with E-state index in [1.54, 1.807) is 0 Å². The summed E-state index contributed by atoms with van der Waals surface area (Å²) < 4.78 is 0. The zero-order valence-electron chi connectivity index (χ0n) is 1.53. The van der Waals surface area contributed by atoms with Gasteiger partial charge in [-0.3, -0.25) is 0 Å². The van der Waals surface area contributed by atoms with Crippen molar-refractivity contribution in [2.24, 2.45) is 0 Å². The topological polar surface area (TPSA) is 0 Å². The third-order valence-corrected chi connectivity index (χ3v) is 3.18. The Bertz CT molecular complexity index is 41.6. The Morgan fingerprint density at radius 3 is 1.33 bits per heavy atom. The van der Waals surface area contributed by atoms with Gasteiger partial charge in [-0.05, 0) is 0 Å². The first-order valence-electron chi connectivity index (χ1n) is 0.500. The van der Waals surface area contributed by atoms with Gasteiger partial charge in [0.2, 0.25) is 0 Å². The van der Waals surface area contributed by atoms with Crippen molar-refractivity contribution in [2.45, 2.75) is 0 Å². The van der Waals surface area contributed by atoms with E-state index in [1.807, 2.05) is 17.4 Å². The molecule has 0 saturated heterocycles. The van der Waals surface area contributed by atoms with Gasteiger partial charge in [0.15, 0.2) is 0 Å². The van der Waals surface area contributed by atoms with E-state index in [1.165, 1.54) is 0 Å². The molecule has 0 unspecified atom stereocenters. The van der Waals surface area contributed by atoms with Crippen molar-refractivity contribution in [3.8, 4) is 0 Å². The minimum atomic E-state index is 0. The molecular weight excluding hydrogens is 391 g/mol. The Hall–Kier alpha value is 2.99. The van der Waals surface area contributed by atoms with Crippen LogP contribution in [0.3, 0.4) is 0 Å². The van der Waals surface area contributed by atoms with Crippen molar-refractivity contribution in [3.63, 3.8) is 0 Å². The van der Waals surface area contributed by atoms with Crippen LogP contribution in [0, 0.1) is 0 Å². The van der Waals surface area contributed by atoms with Crippen LogP contribution in [-0.4, -0.2) is 57.8 Å². The molecule has 0 bridgehead atoms. The average Bonchev–Trinajstić information content (AvgIpc) is 1.46. The molecule has 0 spiro atoms. The first kappa shape index (κ1) is 16.0. The van der Waals surface area contributed by atoms with Gasteiger partial charge >= 0.3 is 75.3 Å². The first-order chi connectivity index (χ1) is 1.50. The van der Waals surface area contributed by atoms with E-state index in [4.69, 9.17) is 0 Å². The van der Waals surface area contributed by atoms with Crippen LogP contribution in [0.5, 0.6) is 0 Å². The molecule has 0 aliphatic rings. The Balaban J connectivity index is -0.0000000300. The van der Waals surface area contributed by atoms with E-state index in [0.717, 1.165) is 12.2 Å². The molecule has 41 valence electrons. The van der Waals surface area contributed by atoms with E-state index in [2.05, 4.69) is 0 Å². The Kier molecular flexibility index (Phi) is 29.0. The van der Waals surface area contributed by atoms with E-state index < -0.39 is 0 Å². The van der Waals surface area contributed by atoms with Gasteiger partial charge in [0.1, 0.15) is 0 Å². The van der Waals surface area contributed by atoms with Crippen LogP contribution in [0.15, 0.2) is 0 Å². The summed E-state index contributed by atoms with van der Waals surface area (Å²) in [7, 11) is 3.96. The van der Waals surface area contributed by atoms with Gasteiger partial charge in [-0.1, -0.05) is 0 Å². The molecule has 6 heteroatoms. The molecule has 6 heavy (non-hydrogen) atoms. The molecule has 0 amide bonds. The van der Waals surface area contributed by atoms with Crippen LogP contribution in [0.1, 0.15) is 0 Å². The molecule has 0 aliphatic carbocycles. The molecule has 0 N–H and O–H groups in total. The van der Waals surface area contributed by atoms with Crippen LogP contribution in [0.4, 0.5) is 0 Å². The molecule has 0 aromatic carbocycles. The SMILES string of the molecule is [Cu].[GaH3].[InH3].s1s[se]1. The quantitative estimate of drug-likeness (QED) is 0.369. The summed E-state index contributed by atoms with van der Waals surface area (Å²) in [6.07, 6.45) is 0. The van der Waals surface area contributed by atoms with Crippen molar-refractivity contribution in [3.05, 3.63) is 0 Å². The summed E-state index contributed by atoms with van der Waals surface area (Å²) in [5.41, 5.74) is 0. The third-order valence-electron chi connectivity index (χ3n) is 0.0680. The van der Waals surface area contributed by atoms with Crippen molar-refractivity contribution >= 4 is 75.3 Å². The maximum absolute atomic E-state index is 1.98. The molecule has 0 fully saturated rings. The van der Waals surface area contributed by atoms with E-state index in [9.17, 15) is 0 Å². The van der Waals surface area contributed by atoms with Crippen molar-refractivity contribution in [1.82, 2.24) is 0 Å². The van der Waals surface area contributed by atoms with Crippen LogP contribution in [0.2, 0.25) is 0 Å². The van der Waals surface area contributed by atoms with Crippen molar-refractivity contribution < 1.29 is 17.1 Å². The third kappa shape index (κ3) is 15.8. The fourth-order valence-electron chi connectivity index (χ4n) is 0. The fraction of sp³-hybridized carbons (Fsp3) is 0. The van der Waals surface area contributed by atoms with Crippen LogP contribution in [0.25, 0.3) is 0 Å². The first-order valence-corrected chi connectivity index (χ1v) is 6.70. The molecule has 0 nitrogen and oxygen atoms in total. The van der Waals surface area contributed by atoms with Crippen LogP contribution in [-0.2, 0) is 17.1 Å². The Labute approximate surface area is 90.6 Å². The number of hydrogen-bond acceptors (Lipinski definition) is 2. The van der Waals surface area contributed by atoms with Gasteiger partial charge < -0.3 is 0 Å². The normalized spacial score (nSPS) is 4.00. The molecule has 1 heterocycles. The predicted octanol–water partition coefficient (Wildman–Crippen LogP) is -1.50. The second-order valence-electron chi connectivity index (χ2n) is 0.204. The summed E-state index contributed by atoms with van der Waals surface area (Å²) in [6, 6.07) is 0. The molecule has 1 aromatic rings. The van der Waals surface area contributed by atoms with Crippen molar-refractivity contribution in [1.29, 1.82) is 0 Å². The van der Waals surface area contributed by atoms with Gasteiger partial charge in [0.25, 0.3) is 0 Å². The Morgan fingerprint density at radius 1 is 1.17 bits per heavy atom. The van der Waals surface area contributed by atoms with E-state index >= 15 is 0 Å². The second kappa shape index (κ2) is 10.9. The monoisotopic (exact) mass is 397 g/mol. The Morgan fingerprint density at radius 2 is 1.33 bits per heavy atom. The molecule has 0 saturated carbocycles. The summed E-state index contributed by atoms with van der Waals surface area (Å²) in [4.78, 5) is 0. The van der Waals surface area contributed by atoms with Gasteiger partial charge in [-0.15, -0.1) is 0 Å². The average molecular weight is 397 g/mol. The zero-order valence-corrected chi connectivity index (χ0v) is 5.81. The van der Waals surface area contributed by atoms with Crippen LogP contribution < -0.4 is 0 Å². The molecule has 1 rings (SSSR count). The van der Waals surface area contributed by atoms with Gasteiger partial charge in [-0.25, -0.2) is 0 Å². The maximum atomic E-state index is 1.98. The molecular formula is H6CuGaInS2Se. The standard InChI is InChI=1S/Cu.Ga.In.S2Se.6H/c;;;1-2-3-1;;;;;;. The number of hydrogen-bond donors (Lipinski definition) is 0. The molecule has 1 aromatic heterocycles. The molecule has 1 radical (unpaired) electrons. The van der Waals surface area contributed by atoms with E-state index in [-0.39, 0.29) is 62.7 Å².